The van der Waals surface area contributed by atoms with Crippen LogP contribution in [0.2, 0.25) is 0 Å². The number of benzene rings is 1. The van der Waals surface area contributed by atoms with E-state index in [-0.39, 0.29) is 0 Å². The van der Waals surface area contributed by atoms with Gasteiger partial charge in [-0.3, -0.25) is 4.90 Å². The Labute approximate surface area is 146 Å². The van der Waals surface area contributed by atoms with E-state index in [1.54, 1.807) is 11.3 Å². The van der Waals surface area contributed by atoms with Crippen LogP contribution in [0.4, 0.5) is 0 Å². The molecule has 2 heterocycles. The molecular formula is C19H22N2O2S. The van der Waals surface area contributed by atoms with E-state index >= 15 is 0 Å². The second-order valence-electron chi connectivity index (χ2n) is 5.75. The topological polar surface area (TPSA) is 38.5 Å². The van der Waals surface area contributed by atoms with E-state index in [1.807, 2.05) is 43.5 Å². The lowest BCUT2D eigenvalue weighted by Crippen LogP contribution is -2.18. The van der Waals surface area contributed by atoms with E-state index in [1.165, 1.54) is 5.56 Å². The molecule has 4 nitrogen and oxygen atoms in total. The van der Waals surface area contributed by atoms with Crippen molar-refractivity contribution in [3.05, 3.63) is 58.8 Å². The van der Waals surface area contributed by atoms with E-state index in [0.29, 0.717) is 12.5 Å². The summed E-state index contributed by atoms with van der Waals surface area (Å²) in [5.74, 6) is 2.51. The summed E-state index contributed by atoms with van der Waals surface area (Å²) >= 11 is 1.64. The summed E-state index contributed by atoms with van der Waals surface area (Å²) in [5, 5.41) is 2.03. The number of hydrogen-bond donors (Lipinski definition) is 0. The highest BCUT2D eigenvalue weighted by Crippen LogP contribution is 2.26. The highest BCUT2D eigenvalue weighted by Gasteiger charge is 2.14. The zero-order valence-corrected chi connectivity index (χ0v) is 15.1. The minimum atomic E-state index is 0.692. The van der Waals surface area contributed by atoms with Crippen LogP contribution in [-0.2, 0) is 13.1 Å². The summed E-state index contributed by atoms with van der Waals surface area (Å²) in [6.45, 7) is 6.27. The molecule has 2 aromatic heterocycles. The van der Waals surface area contributed by atoms with E-state index in [4.69, 9.17) is 9.15 Å². The molecule has 0 saturated heterocycles. The Kier molecular flexibility index (Phi) is 5.33. The average Bonchev–Trinajstić information content (AvgIpc) is 3.20. The van der Waals surface area contributed by atoms with Gasteiger partial charge in [-0.15, -0.1) is 11.3 Å². The summed E-state index contributed by atoms with van der Waals surface area (Å²) in [6, 6.07) is 12.3. The van der Waals surface area contributed by atoms with Crippen LogP contribution in [0, 0.1) is 6.92 Å². The maximum Gasteiger partial charge on any atom is 0.236 e. The third kappa shape index (κ3) is 4.04. The molecular weight excluding hydrogens is 320 g/mol. The van der Waals surface area contributed by atoms with E-state index in [0.717, 1.165) is 35.2 Å². The first-order valence-electron chi connectivity index (χ1n) is 8.06. The predicted octanol–water partition coefficient (Wildman–Crippen LogP) is 4.74. The molecule has 0 spiro atoms. The molecule has 24 heavy (non-hydrogen) atoms. The first-order valence-corrected chi connectivity index (χ1v) is 8.94. The van der Waals surface area contributed by atoms with Crippen molar-refractivity contribution in [2.45, 2.75) is 26.9 Å². The van der Waals surface area contributed by atoms with Crippen molar-refractivity contribution < 1.29 is 9.15 Å². The van der Waals surface area contributed by atoms with Crippen molar-refractivity contribution in [1.82, 2.24) is 9.88 Å². The zero-order valence-electron chi connectivity index (χ0n) is 14.3. The minimum absolute atomic E-state index is 0.692. The van der Waals surface area contributed by atoms with Crippen LogP contribution in [0.15, 0.2) is 46.2 Å². The van der Waals surface area contributed by atoms with Crippen molar-refractivity contribution in [2.75, 3.05) is 13.7 Å². The summed E-state index contributed by atoms with van der Waals surface area (Å²) in [4.78, 5) is 7.96. The SMILES string of the molecule is CCOc1ccc(CN(C)Cc2nc(-c3cccs3)oc2C)cc1. The normalized spacial score (nSPS) is 11.2. The lowest BCUT2D eigenvalue weighted by atomic mass is 10.2. The number of ether oxygens (including phenoxy) is 1. The van der Waals surface area contributed by atoms with E-state index < -0.39 is 0 Å². The van der Waals surface area contributed by atoms with Crippen molar-refractivity contribution in [2.24, 2.45) is 0 Å². The molecule has 0 bridgehead atoms. The summed E-state index contributed by atoms with van der Waals surface area (Å²) in [7, 11) is 2.09. The fourth-order valence-electron chi connectivity index (χ4n) is 2.56. The van der Waals surface area contributed by atoms with Gasteiger partial charge in [0.05, 0.1) is 17.2 Å². The Morgan fingerprint density at radius 3 is 2.62 bits per heavy atom. The van der Waals surface area contributed by atoms with Crippen LogP contribution < -0.4 is 4.74 Å². The molecule has 0 aliphatic carbocycles. The lowest BCUT2D eigenvalue weighted by Gasteiger charge is -2.15. The molecule has 0 aliphatic heterocycles. The second-order valence-corrected chi connectivity index (χ2v) is 6.70. The van der Waals surface area contributed by atoms with Crippen molar-refractivity contribution >= 4 is 11.3 Å². The number of aryl methyl sites for hydroxylation is 1. The zero-order chi connectivity index (χ0) is 16.9. The van der Waals surface area contributed by atoms with Crippen LogP contribution in [-0.4, -0.2) is 23.5 Å². The van der Waals surface area contributed by atoms with Gasteiger partial charge in [0.1, 0.15) is 11.5 Å². The van der Waals surface area contributed by atoms with Gasteiger partial charge in [-0.2, -0.15) is 0 Å². The predicted molar refractivity (Wildman–Crippen MR) is 97.3 cm³/mol. The number of hydrogen-bond acceptors (Lipinski definition) is 5. The van der Waals surface area contributed by atoms with Gasteiger partial charge in [-0.05, 0) is 50.0 Å². The van der Waals surface area contributed by atoms with Crippen molar-refractivity contribution in [1.29, 1.82) is 0 Å². The standard InChI is InChI=1S/C19H22N2O2S/c1-4-22-16-9-7-15(8-10-16)12-21(3)13-17-14(2)23-19(20-17)18-6-5-11-24-18/h5-11H,4,12-13H2,1-3H3. The molecule has 3 rings (SSSR count). The largest absolute Gasteiger partial charge is 0.494 e. The van der Waals surface area contributed by atoms with Gasteiger partial charge in [0.15, 0.2) is 0 Å². The van der Waals surface area contributed by atoms with Gasteiger partial charge < -0.3 is 9.15 Å². The van der Waals surface area contributed by atoms with Gasteiger partial charge in [0.2, 0.25) is 5.89 Å². The van der Waals surface area contributed by atoms with E-state index in [9.17, 15) is 0 Å². The van der Waals surface area contributed by atoms with Crippen LogP contribution in [0.1, 0.15) is 23.9 Å². The third-order valence-electron chi connectivity index (χ3n) is 3.73. The molecule has 1 aromatic carbocycles. The monoisotopic (exact) mass is 342 g/mol. The van der Waals surface area contributed by atoms with Gasteiger partial charge in [-0.1, -0.05) is 18.2 Å². The molecule has 0 N–H and O–H groups in total. The lowest BCUT2D eigenvalue weighted by molar-refractivity contribution is 0.312. The minimum Gasteiger partial charge on any atom is -0.494 e. The summed E-state index contributed by atoms with van der Waals surface area (Å²) < 4.78 is 11.3. The molecule has 0 amide bonds. The Morgan fingerprint density at radius 2 is 1.96 bits per heavy atom. The maximum atomic E-state index is 5.81. The molecule has 0 aliphatic rings. The van der Waals surface area contributed by atoms with Gasteiger partial charge in [0, 0.05) is 13.1 Å². The third-order valence-corrected chi connectivity index (χ3v) is 4.59. The molecule has 0 fully saturated rings. The molecule has 0 radical (unpaired) electrons. The van der Waals surface area contributed by atoms with Gasteiger partial charge >= 0.3 is 0 Å². The Hall–Kier alpha value is -2.11. The maximum absolute atomic E-state index is 5.81. The quantitative estimate of drug-likeness (QED) is 0.621. The van der Waals surface area contributed by atoms with Crippen LogP contribution >= 0.6 is 11.3 Å². The Morgan fingerprint density at radius 1 is 1.17 bits per heavy atom. The van der Waals surface area contributed by atoms with Gasteiger partial charge in [-0.25, -0.2) is 4.98 Å². The number of nitrogens with zero attached hydrogens (tertiary/aromatic N) is 2. The summed E-state index contributed by atoms with van der Waals surface area (Å²) in [5.41, 5.74) is 2.24. The molecule has 126 valence electrons. The van der Waals surface area contributed by atoms with Crippen LogP contribution in [0.5, 0.6) is 5.75 Å². The smallest absolute Gasteiger partial charge is 0.236 e. The fraction of sp³-hybridized carbons (Fsp3) is 0.316. The van der Waals surface area contributed by atoms with Crippen molar-refractivity contribution in [3.8, 4) is 16.5 Å². The van der Waals surface area contributed by atoms with Crippen molar-refractivity contribution in [3.63, 3.8) is 0 Å². The average molecular weight is 342 g/mol. The number of oxazole rings is 1. The summed E-state index contributed by atoms with van der Waals surface area (Å²) in [6.07, 6.45) is 0. The molecule has 0 atom stereocenters. The second kappa shape index (κ2) is 7.64. The molecule has 3 aromatic rings. The van der Waals surface area contributed by atoms with Crippen LogP contribution in [0.25, 0.3) is 10.8 Å². The van der Waals surface area contributed by atoms with Gasteiger partial charge in [0.25, 0.3) is 0 Å². The highest BCUT2D eigenvalue weighted by molar-refractivity contribution is 7.13. The molecule has 5 heteroatoms. The number of aromatic nitrogens is 1. The Balaban J connectivity index is 1.63. The fourth-order valence-corrected chi connectivity index (χ4v) is 3.21. The first kappa shape index (κ1) is 16.7. The van der Waals surface area contributed by atoms with E-state index in [2.05, 4.69) is 29.1 Å². The van der Waals surface area contributed by atoms with Crippen LogP contribution in [0.3, 0.4) is 0 Å². The molecule has 0 unspecified atom stereocenters. The Bertz CT molecular complexity index is 763. The number of rotatable bonds is 7. The first-order chi connectivity index (χ1) is 11.7. The number of thiophene rings is 1. The highest BCUT2D eigenvalue weighted by atomic mass is 32.1. The molecule has 0 saturated carbocycles.